The summed E-state index contributed by atoms with van der Waals surface area (Å²) in [4.78, 5) is 29.4. The molecule has 0 atom stereocenters. The molecule has 30 heavy (non-hydrogen) atoms. The van der Waals surface area contributed by atoms with Crippen LogP contribution >= 0.6 is 23.2 Å². The number of ether oxygens (including phenoxy) is 2. The molecule has 0 spiro atoms. The van der Waals surface area contributed by atoms with Crippen molar-refractivity contribution < 1.29 is 19.1 Å². The van der Waals surface area contributed by atoms with Crippen LogP contribution in [0.3, 0.4) is 0 Å². The first-order chi connectivity index (χ1) is 14.4. The Balaban J connectivity index is 1.78. The van der Waals surface area contributed by atoms with Gasteiger partial charge in [0.25, 0.3) is 11.8 Å². The first kappa shape index (κ1) is 21.4. The van der Waals surface area contributed by atoms with Gasteiger partial charge in [0.1, 0.15) is 23.1 Å². The van der Waals surface area contributed by atoms with E-state index in [1.165, 1.54) is 26.4 Å². The zero-order valence-corrected chi connectivity index (χ0v) is 17.5. The number of nitrogens with zero attached hydrogens (tertiary/aromatic N) is 1. The largest absolute Gasteiger partial charge is 0.497 e. The Hall–Kier alpha value is -3.29. The van der Waals surface area contributed by atoms with Gasteiger partial charge in [0.2, 0.25) is 0 Å². The molecule has 0 aliphatic heterocycles. The zero-order chi connectivity index (χ0) is 21.7. The number of hydrogen-bond donors (Lipinski definition) is 2. The lowest BCUT2D eigenvalue weighted by Gasteiger charge is -2.11. The van der Waals surface area contributed by atoms with Crippen molar-refractivity contribution >= 4 is 46.7 Å². The molecule has 3 aromatic rings. The van der Waals surface area contributed by atoms with Crippen molar-refractivity contribution in [2.24, 2.45) is 0 Å². The van der Waals surface area contributed by atoms with E-state index in [0.717, 1.165) is 0 Å². The summed E-state index contributed by atoms with van der Waals surface area (Å²) in [5.74, 6) is 0.405. The highest BCUT2D eigenvalue weighted by Gasteiger charge is 2.15. The van der Waals surface area contributed by atoms with Crippen molar-refractivity contribution in [1.29, 1.82) is 0 Å². The van der Waals surface area contributed by atoms with Gasteiger partial charge in [-0.3, -0.25) is 9.59 Å². The van der Waals surface area contributed by atoms with Crippen molar-refractivity contribution in [3.05, 3.63) is 75.8 Å². The Bertz CT molecular complexity index is 1110. The summed E-state index contributed by atoms with van der Waals surface area (Å²) in [7, 11) is 2.95. The van der Waals surface area contributed by atoms with Crippen LogP contribution in [0.1, 0.15) is 20.7 Å². The highest BCUT2D eigenvalue weighted by atomic mass is 35.5. The van der Waals surface area contributed by atoms with Crippen molar-refractivity contribution in [3.8, 4) is 11.5 Å². The van der Waals surface area contributed by atoms with E-state index in [0.29, 0.717) is 16.5 Å². The van der Waals surface area contributed by atoms with Crippen molar-refractivity contribution in [2.75, 3.05) is 24.9 Å². The molecule has 154 valence electrons. The Kier molecular flexibility index (Phi) is 6.76. The van der Waals surface area contributed by atoms with Crippen LogP contribution in [0, 0.1) is 0 Å². The lowest BCUT2D eigenvalue weighted by molar-refractivity contribution is 0.101. The highest BCUT2D eigenvalue weighted by molar-refractivity contribution is 6.34. The van der Waals surface area contributed by atoms with E-state index in [1.54, 1.807) is 42.5 Å². The summed E-state index contributed by atoms with van der Waals surface area (Å²) >= 11 is 12.1. The summed E-state index contributed by atoms with van der Waals surface area (Å²) < 4.78 is 10.3. The Morgan fingerprint density at radius 2 is 1.50 bits per heavy atom. The second kappa shape index (κ2) is 9.47. The van der Waals surface area contributed by atoms with E-state index < -0.39 is 11.8 Å². The maximum Gasteiger partial charge on any atom is 0.260 e. The number of methoxy groups -OCH3 is 2. The summed E-state index contributed by atoms with van der Waals surface area (Å²) in [5, 5.41) is 5.97. The molecule has 2 aromatic carbocycles. The minimum absolute atomic E-state index is 0.231. The number of pyridine rings is 1. The zero-order valence-electron chi connectivity index (χ0n) is 16.0. The first-order valence-electron chi connectivity index (χ1n) is 8.68. The number of hydrogen-bond acceptors (Lipinski definition) is 5. The topological polar surface area (TPSA) is 89.6 Å². The predicted molar refractivity (Wildman–Crippen MR) is 116 cm³/mol. The molecule has 3 rings (SSSR count). The van der Waals surface area contributed by atoms with Gasteiger partial charge in [0, 0.05) is 5.02 Å². The fourth-order valence-electron chi connectivity index (χ4n) is 2.60. The van der Waals surface area contributed by atoms with E-state index in [1.807, 2.05) is 0 Å². The standard InChI is InChI=1S/C21H17Cl2N3O4/c1-29-13-7-8-16(23)14(11-13)20(27)25-18-4-3-5-19(24-18)26-21(28)15-10-12(22)6-9-17(15)30-2/h3-11H,1-2H3,(H2,24,25,26,27,28). The van der Waals surface area contributed by atoms with Gasteiger partial charge in [-0.1, -0.05) is 29.3 Å². The molecule has 2 N–H and O–H groups in total. The number of amides is 2. The van der Waals surface area contributed by atoms with E-state index in [4.69, 9.17) is 32.7 Å². The number of rotatable bonds is 6. The summed E-state index contributed by atoms with van der Waals surface area (Å²) in [6.45, 7) is 0. The number of halogens is 2. The molecule has 0 aliphatic rings. The predicted octanol–water partition coefficient (Wildman–Crippen LogP) is 4.91. The fraction of sp³-hybridized carbons (Fsp3) is 0.0952. The number of aromatic nitrogens is 1. The second-order valence-electron chi connectivity index (χ2n) is 6.01. The lowest BCUT2D eigenvalue weighted by atomic mass is 10.2. The van der Waals surface area contributed by atoms with Crippen LogP contribution in [0.4, 0.5) is 11.6 Å². The third-order valence-corrected chi connectivity index (χ3v) is 4.62. The highest BCUT2D eigenvalue weighted by Crippen LogP contribution is 2.25. The van der Waals surface area contributed by atoms with Crippen LogP contribution in [-0.4, -0.2) is 31.0 Å². The monoisotopic (exact) mass is 445 g/mol. The molecule has 7 nitrogen and oxygen atoms in total. The Morgan fingerprint density at radius 1 is 0.833 bits per heavy atom. The van der Waals surface area contributed by atoms with E-state index in [9.17, 15) is 9.59 Å². The van der Waals surface area contributed by atoms with Crippen LogP contribution in [0.5, 0.6) is 11.5 Å². The van der Waals surface area contributed by atoms with Gasteiger partial charge in [-0.2, -0.15) is 0 Å². The van der Waals surface area contributed by atoms with E-state index >= 15 is 0 Å². The third-order valence-electron chi connectivity index (χ3n) is 4.06. The first-order valence-corrected chi connectivity index (χ1v) is 9.43. The molecule has 2 amide bonds. The maximum atomic E-state index is 12.6. The van der Waals surface area contributed by atoms with E-state index in [2.05, 4.69) is 15.6 Å². The number of carbonyl (C=O) groups is 2. The average molecular weight is 446 g/mol. The normalized spacial score (nSPS) is 10.3. The number of anilines is 2. The molecular weight excluding hydrogens is 429 g/mol. The van der Waals surface area contributed by atoms with Gasteiger partial charge in [-0.05, 0) is 48.5 Å². The van der Waals surface area contributed by atoms with Gasteiger partial charge in [-0.25, -0.2) is 4.98 Å². The minimum Gasteiger partial charge on any atom is -0.497 e. The molecule has 0 aliphatic carbocycles. The molecule has 0 saturated carbocycles. The SMILES string of the molecule is COc1ccc(Cl)c(C(=O)Nc2cccc(NC(=O)c3cc(Cl)ccc3OC)n2)c1. The molecule has 9 heteroatoms. The van der Waals surface area contributed by atoms with Crippen LogP contribution < -0.4 is 20.1 Å². The fourth-order valence-corrected chi connectivity index (χ4v) is 2.98. The molecule has 0 unspecified atom stereocenters. The molecule has 1 heterocycles. The van der Waals surface area contributed by atoms with Crippen LogP contribution in [-0.2, 0) is 0 Å². The van der Waals surface area contributed by atoms with Gasteiger partial charge < -0.3 is 20.1 Å². The maximum absolute atomic E-state index is 12.6. The van der Waals surface area contributed by atoms with Gasteiger partial charge in [-0.15, -0.1) is 0 Å². The average Bonchev–Trinajstić information content (AvgIpc) is 2.74. The van der Waals surface area contributed by atoms with Crippen LogP contribution in [0.25, 0.3) is 0 Å². The summed E-state index contributed by atoms with van der Waals surface area (Å²) in [6, 6.07) is 14.3. The van der Waals surface area contributed by atoms with Crippen LogP contribution in [0.15, 0.2) is 54.6 Å². The lowest BCUT2D eigenvalue weighted by Crippen LogP contribution is -2.16. The quantitative estimate of drug-likeness (QED) is 0.562. The van der Waals surface area contributed by atoms with Gasteiger partial charge >= 0.3 is 0 Å². The van der Waals surface area contributed by atoms with Gasteiger partial charge in [0.05, 0.1) is 30.4 Å². The summed E-state index contributed by atoms with van der Waals surface area (Å²) in [6.07, 6.45) is 0. The summed E-state index contributed by atoms with van der Waals surface area (Å²) in [5.41, 5.74) is 0.486. The number of nitrogens with one attached hydrogen (secondary N) is 2. The molecule has 0 radical (unpaired) electrons. The third kappa shape index (κ3) is 5.00. The van der Waals surface area contributed by atoms with E-state index in [-0.39, 0.29) is 27.8 Å². The molecule has 0 saturated heterocycles. The number of carbonyl (C=O) groups excluding carboxylic acids is 2. The molecular formula is C21H17Cl2N3O4. The second-order valence-corrected chi connectivity index (χ2v) is 6.85. The molecule has 0 fully saturated rings. The Morgan fingerprint density at radius 3 is 2.13 bits per heavy atom. The van der Waals surface area contributed by atoms with Crippen molar-refractivity contribution in [3.63, 3.8) is 0 Å². The van der Waals surface area contributed by atoms with Crippen molar-refractivity contribution in [1.82, 2.24) is 4.98 Å². The van der Waals surface area contributed by atoms with Crippen molar-refractivity contribution in [2.45, 2.75) is 0 Å². The Labute approximate surface area is 182 Å². The smallest absolute Gasteiger partial charge is 0.260 e. The molecule has 0 bridgehead atoms. The minimum atomic E-state index is -0.466. The molecule has 1 aromatic heterocycles. The van der Waals surface area contributed by atoms with Gasteiger partial charge in [0.15, 0.2) is 0 Å². The number of benzene rings is 2. The van der Waals surface area contributed by atoms with Crippen LogP contribution in [0.2, 0.25) is 10.0 Å².